The number of ether oxygens (including phenoxy) is 1. The Morgan fingerprint density at radius 1 is 0.344 bits per heavy atom. The Kier molecular flexibility index (Phi) is 8.10. The van der Waals surface area contributed by atoms with Crippen LogP contribution in [0.3, 0.4) is 0 Å². The molecular formula is C56H36N4O. The molecule has 12 rings (SSSR count). The number of hydrogen-bond donors (Lipinski definition) is 0. The topological polar surface area (TPSA) is 43.2 Å². The predicted molar refractivity (Wildman–Crippen MR) is 250 cm³/mol. The Balaban J connectivity index is 1.03. The van der Waals surface area contributed by atoms with E-state index in [-0.39, 0.29) is 0 Å². The molecule has 3 heterocycles. The Morgan fingerprint density at radius 3 is 1.62 bits per heavy atom. The van der Waals surface area contributed by atoms with Gasteiger partial charge >= 0.3 is 0 Å². The van der Waals surface area contributed by atoms with Gasteiger partial charge in [0.15, 0.2) is 17.3 Å². The standard InChI is InChI=1S/C56H36N4O/c1-3-15-38(16-4-1)48-36-49(42-27-26-37-14-7-8-17-39(37)32-42)58-56(57-48)43-29-31-51-47(35-43)46-34-41(28-30-50(46)59(51)44-19-5-2-6-20-44)40-18-13-21-45(33-40)60-52-22-9-11-24-54(52)61-55-25-12-10-23-53(55)60/h1-36H. The summed E-state index contributed by atoms with van der Waals surface area (Å²) in [5.74, 6) is 2.35. The summed E-state index contributed by atoms with van der Waals surface area (Å²) >= 11 is 0. The van der Waals surface area contributed by atoms with E-state index in [0.717, 1.165) is 95.3 Å². The van der Waals surface area contributed by atoms with Gasteiger partial charge in [-0.1, -0.05) is 127 Å². The second-order valence-electron chi connectivity index (χ2n) is 15.4. The van der Waals surface area contributed by atoms with E-state index in [1.165, 1.54) is 10.8 Å². The van der Waals surface area contributed by atoms with Gasteiger partial charge in [-0.3, -0.25) is 0 Å². The van der Waals surface area contributed by atoms with E-state index in [9.17, 15) is 0 Å². The fourth-order valence-corrected chi connectivity index (χ4v) is 8.83. The number of hydrogen-bond acceptors (Lipinski definition) is 4. The summed E-state index contributed by atoms with van der Waals surface area (Å²) in [5, 5.41) is 4.66. The highest BCUT2D eigenvalue weighted by molar-refractivity contribution is 6.11. The number of fused-ring (bicyclic) bond motifs is 6. The van der Waals surface area contributed by atoms with Crippen LogP contribution in [0.2, 0.25) is 0 Å². The highest BCUT2D eigenvalue weighted by Crippen LogP contribution is 2.50. The summed E-state index contributed by atoms with van der Waals surface area (Å²) in [7, 11) is 0. The smallest absolute Gasteiger partial charge is 0.160 e. The number of para-hydroxylation sites is 5. The lowest BCUT2D eigenvalue weighted by Crippen LogP contribution is -2.15. The van der Waals surface area contributed by atoms with Gasteiger partial charge < -0.3 is 14.2 Å². The van der Waals surface area contributed by atoms with Crippen molar-refractivity contribution in [2.75, 3.05) is 4.90 Å². The van der Waals surface area contributed by atoms with Crippen LogP contribution in [0.5, 0.6) is 11.5 Å². The van der Waals surface area contributed by atoms with Crippen LogP contribution in [0, 0.1) is 0 Å². The van der Waals surface area contributed by atoms with Crippen LogP contribution in [0.1, 0.15) is 0 Å². The van der Waals surface area contributed by atoms with E-state index in [0.29, 0.717) is 5.82 Å². The maximum Gasteiger partial charge on any atom is 0.160 e. The summed E-state index contributed by atoms with van der Waals surface area (Å²) in [4.78, 5) is 12.8. The molecule has 0 saturated heterocycles. The highest BCUT2D eigenvalue weighted by Gasteiger charge is 2.25. The van der Waals surface area contributed by atoms with Crippen molar-refractivity contribution in [1.29, 1.82) is 0 Å². The Hall–Kier alpha value is -8.28. The van der Waals surface area contributed by atoms with Crippen LogP contribution in [-0.2, 0) is 0 Å². The fraction of sp³-hybridized carbons (Fsp3) is 0. The quantitative estimate of drug-likeness (QED) is 0.169. The third-order valence-corrected chi connectivity index (χ3v) is 11.7. The molecule has 0 bridgehead atoms. The number of rotatable bonds is 6. The van der Waals surface area contributed by atoms with Gasteiger partial charge in [-0.25, -0.2) is 9.97 Å². The molecule has 0 saturated carbocycles. The van der Waals surface area contributed by atoms with E-state index < -0.39 is 0 Å². The predicted octanol–water partition coefficient (Wildman–Crippen LogP) is 15.0. The van der Waals surface area contributed by atoms with Gasteiger partial charge in [-0.15, -0.1) is 0 Å². The van der Waals surface area contributed by atoms with Crippen molar-refractivity contribution in [3.8, 4) is 62.2 Å². The van der Waals surface area contributed by atoms with Crippen molar-refractivity contribution >= 4 is 49.6 Å². The van der Waals surface area contributed by atoms with E-state index >= 15 is 0 Å². The molecule has 0 amide bonds. The lowest BCUT2D eigenvalue weighted by molar-refractivity contribution is 0.477. The third kappa shape index (κ3) is 6.02. The summed E-state index contributed by atoms with van der Waals surface area (Å²) < 4.78 is 8.69. The van der Waals surface area contributed by atoms with Crippen molar-refractivity contribution < 1.29 is 4.74 Å². The first kappa shape index (κ1) is 34.7. The molecule has 0 N–H and O–H groups in total. The summed E-state index contributed by atoms with van der Waals surface area (Å²) in [6.07, 6.45) is 0. The Labute approximate surface area is 353 Å². The minimum absolute atomic E-state index is 0.682. The van der Waals surface area contributed by atoms with Crippen LogP contribution in [0.4, 0.5) is 17.1 Å². The summed E-state index contributed by atoms with van der Waals surface area (Å²) in [5.41, 5.74) is 13.5. The molecule has 0 aliphatic carbocycles. The molecule has 61 heavy (non-hydrogen) atoms. The zero-order chi connectivity index (χ0) is 40.3. The zero-order valence-electron chi connectivity index (χ0n) is 33.0. The lowest BCUT2D eigenvalue weighted by Gasteiger charge is -2.33. The average molecular weight is 781 g/mol. The normalized spacial score (nSPS) is 12.0. The van der Waals surface area contributed by atoms with Crippen LogP contribution in [0.15, 0.2) is 218 Å². The maximum absolute atomic E-state index is 6.33. The first-order chi connectivity index (χ1) is 30.2. The molecule has 0 atom stereocenters. The monoisotopic (exact) mass is 780 g/mol. The number of benzene rings is 9. The Bertz CT molecular complexity index is 3420. The number of aromatic nitrogens is 3. The zero-order valence-corrected chi connectivity index (χ0v) is 33.0. The molecule has 2 aromatic heterocycles. The molecule has 286 valence electrons. The fourth-order valence-electron chi connectivity index (χ4n) is 8.83. The van der Waals surface area contributed by atoms with E-state index in [2.05, 4.69) is 198 Å². The van der Waals surface area contributed by atoms with Crippen molar-refractivity contribution in [1.82, 2.24) is 14.5 Å². The molecule has 0 unspecified atom stereocenters. The van der Waals surface area contributed by atoms with Crippen molar-refractivity contribution in [2.45, 2.75) is 0 Å². The third-order valence-electron chi connectivity index (χ3n) is 11.7. The molecule has 5 heteroatoms. The van der Waals surface area contributed by atoms with Crippen molar-refractivity contribution in [3.63, 3.8) is 0 Å². The second-order valence-corrected chi connectivity index (χ2v) is 15.4. The molecule has 5 nitrogen and oxygen atoms in total. The van der Waals surface area contributed by atoms with Crippen molar-refractivity contribution in [2.24, 2.45) is 0 Å². The van der Waals surface area contributed by atoms with Gasteiger partial charge in [0.1, 0.15) is 0 Å². The molecular weight excluding hydrogens is 745 g/mol. The molecule has 0 fully saturated rings. The van der Waals surface area contributed by atoms with Crippen LogP contribution >= 0.6 is 0 Å². The summed E-state index contributed by atoms with van der Waals surface area (Å²) in [6.45, 7) is 0. The van der Waals surface area contributed by atoms with Gasteiger partial charge in [0.25, 0.3) is 0 Å². The highest BCUT2D eigenvalue weighted by atomic mass is 16.5. The first-order valence-corrected chi connectivity index (χ1v) is 20.6. The minimum atomic E-state index is 0.682. The van der Waals surface area contributed by atoms with Gasteiger partial charge in [-0.2, -0.15) is 0 Å². The number of nitrogens with zero attached hydrogens (tertiary/aromatic N) is 4. The summed E-state index contributed by atoms with van der Waals surface area (Å²) in [6, 6.07) is 76.8. The molecule has 1 aliphatic heterocycles. The molecule has 11 aromatic rings. The number of anilines is 3. The van der Waals surface area contributed by atoms with Gasteiger partial charge in [0, 0.05) is 38.8 Å². The van der Waals surface area contributed by atoms with Gasteiger partial charge in [0.05, 0.1) is 33.8 Å². The molecule has 1 aliphatic rings. The SMILES string of the molecule is c1ccc(-c2cc(-c3ccc4ccccc4c3)nc(-c3ccc4c(c3)c3cc(-c5cccc(N6c7ccccc7Oc7ccccc76)c5)ccc3n4-c3ccccc3)n2)cc1. The largest absolute Gasteiger partial charge is 0.453 e. The maximum atomic E-state index is 6.33. The van der Waals surface area contributed by atoms with Gasteiger partial charge in [0.2, 0.25) is 0 Å². The van der Waals surface area contributed by atoms with E-state index in [1.54, 1.807) is 0 Å². The minimum Gasteiger partial charge on any atom is -0.453 e. The van der Waals surface area contributed by atoms with E-state index in [1.807, 2.05) is 30.3 Å². The van der Waals surface area contributed by atoms with Crippen LogP contribution < -0.4 is 9.64 Å². The Morgan fingerprint density at radius 2 is 0.885 bits per heavy atom. The first-order valence-electron chi connectivity index (χ1n) is 20.6. The van der Waals surface area contributed by atoms with Crippen molar-refractivity contribution in [3.05, 3.63) is 218 Å². The molecule has 0 spiro atoms. The van der Waals surface area contributed by atoms with Crippen LogP contribution in [-0.4, -0.2) is 14.5 Å². The van der Waals surface area contributed by atoms with E-state index in [4.69, 9.17) is 14.7 Å². The average Bonchev–Trinajstić information content (AvgIpc) is 3.66. The molecule has 9 aromatic carbocycles. The van der Waals surface area contributed by atoms with Crippen LogP contribution in [0.25, 0.3) is 83.3 Å². The van der Waals surface area contributed by atoms with Gasteiger partial charge in [-0.05, 0) is 113 Å². The molecule has 0 radical (unpaired) electrons. The lowest BCUT2D eigenvalue weighted by atomic mass is 10.0. The second kappa shape index (κ2) is 14.2.